The van der Waals surface area contributed by atoms with E-state index in [0.717, 1.165) is 30.3 Å². The molecule has 7 nitrogen and oxygen atoms in total. The average molecular weight is 665 g/mol. The van der Waals surface area contributed by atoms with Gasteiger partial charge < -0.3 is 9.64 Å². The van der Waals surface area contributed by atoms with Gasteiger partial charge in [0, 0.05) is 48.0 Å². The zero-order valence-electron chi connectivity index (χ0n) is 29.2. The van der Waals surface area contributed by atoms with Crippen LogP contribution in [0.4, 0.5) is 30.2 Å². The van der Waals surface area contributed by atoms with E-state index in [4.69, 9.17) is 4.74 Å². The molecule has 0 N–H and O–H groups in total. The van der Waals surface area contributed by atoms with Crippen LogP contribution in [0.3, 0.4) is 0 Å². The van der Waals surface area contributed by atoms with E-state index in [-0.39, 0.29) is 27.5 Å². The number of benzene rings is 2. The summed E-state index contributed by atoms with van der Waals surface area (Å²) in [7, 11) is 1.47. The van der Waals surface area contributed by atoms with Crippen LogP contribution in [-0.2, 0) is 26.5 Å². The number of rotatable bonds is 10. The second kappa shape index (κ2) is 12.3. The molecular formula is C38H45F3N3O4+. The van der Waals surface area contributed by atoms with Gasteiger partial charge in [-0.05, 0) is 61.9 Å². The zero-order chi connectivity index (χ0) is 35.5. The highest BCUT2D eigenvalue weighted by atomic mass is 19.4. The van der Waals surface area contributed by atoms with Crippen molar-refractivity contribution in [3.8, 4) is 0 Å². The van der Waals surface area contributed by atoms with Gasteiger partial charge in [-0.25, -0.2) is 0 Å². The first kappa shape index (κ1) is 35.1. The molecule has 256 valence electrons. The summed E-state index contributed by atoms with van der Waals surface area (Å²) in [6.07, 6.45) is 0.496. The normalized spacial score (nSPS) is 20.0. The van der Waals surface area contributed by atoms with Crippen molar-refractivity contribution in [1.29, 1.82) is 0 Å². The van der Waals surface area contributed by atoms with Gasteiger partial charge >= 0.3 is 6.18 Å². The Morgan fingerprint density at radius 2 is 1.60 bits per heavy atom. The van der Waals surface area contributed by atoms with Crippen molar-refractivity contribution in [1.82, 2.24) is 0 Å². The number of carbonyl (C=O) groups is 1. The molecule has 0 radical (unpaired) electrons. The molecule has 2 heterocycles. The van der Waals surface area contributed by atoms with E-state index in [9.17, 15) is 28.1 Å². The summed E-state index contributed by atoms with van der Waals surface area (Å²) in [5.74, 6) is 0.738. The molecular weight excluding hydrogens is 619 g/mol. The molecule has 1 aliphatic carbocycles. The molecule has 0 aromatic heterocycles. The number of hydrogen-bond donors (Lipinski definition) is 0. The molecule has 0 saturated carbocycles. The van der Waals surface area contributed by atoms with E-state index in [2.05, 4.69) is 32.3 Å². The number of alkyl halides is 3. The maximum Gasteiger partial charge on any atom is 0.416 e. The molecule has 10 heteroatoms. The second-order valence-electron chi connectivity index (χ2n) is 14.8. The molecule has 2 aliphatic heterocycles. The highest BCUT2D eigenvalue weighted by Crippen LogP contribution is 2.54. The third-order valence-electron chi connectivity index (χ3n) is 9.86. The van der Waals surface area contributed by atoms with Crippen molar-refractivity contribution < 1.29 is 32.2 Å². The maximum atomic E-state index is 14.3. The monoisotopic (exact) mass is 664 g/mol. The summed E-state index contributed by atoms with van der Waals surface area (Å²) in [5, 5.41) is 12.1. The van der Waals surface area contributed by atoms with Gasteiger partial charge in [0.1, 0.15) is 17.9 Å². The van der Waals surface area contributed by atoms with E-state index >= 15 is 0 Å². The van der Waals surface area contributed by atoms with E-state index < -0.39 is 22.6 Å². The molecule has 0 fully saturated rings. The van der Waals surface area contributed by atoms with Gasteiger partial charge in [-0.3, -0.25) is 14.9 Å². The molecule has 48 heavy (non-hydrogen) atoms. The van der Waals surface area contributed by atoms with Crippen LogP contribution in [0.15, 0.2) is 71.2 Å². The van der Waals surface area contributed by atoms with Crippen LogP contribution in [0.5, 0.6) is 0 Å². The lowest BCUT2D eigenvalue weighted by Crippen LogP contribution is -2.33. The van der Waals surface area contributed by atoms with Crippen LogP contribution < -0.4 is 4.90 Å². The molecule has 0 atom stereocenters. The van der Waals surface area contributed by atoms with Gasteiger partial charge in [0.25, 0.3) is 5.69 Å². The predicted octanol–water partition coefficient (Wildman–Crippen LogP) is 9.17. The quantitative estimate of drug-likeness (QED) is 0.110. The minimum atomic E-state index is -4.54. The molecule has 0 saturated heterocycles. The van der Waals surface area contributed by atoms with Gasteiger partial charge in [-0.2, -0.15) is 17.7 Å². The molecule has 2 aromatic rings. The van der Waals surface area contributed by atoms with Crippen LogP contribution in [0.2, 0.25) is 0 Å². The topological polar surface area (TPSA) is 75.7 Å². The fourth-order valence-electron chi connectivity index (χ4n) is 7.36. The Hall–Kier alpha value is -4.21. The molecule has 0 unspecified atom stereocenters. The number of nitro benzene ring substituents is 1. The van der Waals surface area contributed by atoms with Crippen molar-refractivity contribution in [3.63, 3.8) is 0 Å². The Labute approximate surface area is 280 Å². The van der Waals surface area contributed by atoms with E-state index in [0.29, 0.717) is 53.2 Å². The Morgan fingerprint density at radius 1 is 0.958 bits per heavy atom. The Balaban J connectivity index is 1.67. The third kappa shape index (κ3) is 5.77. The van der Waals surface area contributed by atoms with Gasteiger partial charge in [0.05, 0.1) is 34.2 Å². The van der Waals surface area contributed by atoms with Crippen molar-refractivity contribution >= 4 is 28.6 Å². The summed E-state index contributed by atoms with van der Waals surface area (Å²) in [5.41, 5.74) is 1.47. The highest BCUT2D eigenvalue weighted by Gasteiger charge is 2.51. The number of methoxy groups -OCH3 is 1. The number of anilines is 1. The SMILES string of the molecule is COC1=C(/C=C2\N(CCC(C)C)c3cccc(C(F)(F)F)c3C2(C)C)C(=O)/C1=C/C1=[N+](CCC(C)C)c2cccc([N+](=O)[O-])c2C1(C)C. The van der Waals surface area contributed by atoms with Crippen molar-refractivity contribution in [2.24, 2.45) is 11.8 Å². The summed E-state index contributed by atoms with van der Waals surface area (Å²) < 4.78 is 50.8. The van der Waals surface area contributed by atoms with Crippen LogP contribution in [0.25, 0.3) is 0 Å². The standard InChI is InChI=1S/C38H45F3N3O4/c1-22(2)16-18-42-27-13-10-12-26(38(39,40)41)32(27)36(5,6)30(42)20-24-34(45)25(35(24)48-9)21-31-37(7,8)33-28(43(31)19-17-23(3)4)14-11-15-29(33)44(46)47/h10-15,20-23H,16-19H2,1-9H3/q+1. The van der Waals surface area contributed by atoms with E-state index in [1.54, 1.807) is 38.1 Å². The smallest absolute Gasteiger partial charge is 0.416 e. The fraction of sp³-hybridized carbons (Fsp3) is 0.474. The third-order valence-corrected chi connectivity index (χ3v) is 9.86. The number of ketones is 1. The fourth-order valence-corrected chi connectivity index (χ4v) is 7.36. The lowest BCUT2D eigenvalue weighted by molar-refractivity contribution is -0.440. The maximum absolute atomic E-state index is 14.3. The number of allylic oxidation sites excluding steroid dienone is 5. The molecule has 3 aliphatic rings. The highest BCUT2D eigenvalue weighted by molar-refractivity contribution is 6.24. The molecule has 0 spiro atoms. The Kier molecular flexibility index (Phi) is 9.03. The minimum Gasteiger partial charge on any atom is -0.495 e. The number of ether oxygens (including phenoxy) is 1. The number of halogens is 3. The number of fused-ring (bicyclic) bond motifs is 2. The van der Waals surface area contributed by atoms with Gasteiger partial charge in [-0.15, -0.1) is 0 Å². The van der Waals surface area contributed by atoms with Crippen LogP contribution in [-0.4, -0.2) is 41.2 Å². The number of Topliss-reactive ketones (excluding diaryl/α,β-unsaturated/α-hetero) is 1. The summed E-state index contributed by atoms with van der Waals surface area (Å²) >= 11 is 0. The van der Waals surface area contributed by atoms with Crippen molar-refractivity contribution in [3.05, 3.63) is 98.0 Å². The first-order chi connectivity index (χ1) is 22.3. The lowest BCUT2D eigenvalue weighted by atomic mass is 9.76. The minimum absolute atomic E-state index is 0.0241. The zero-order valence-corrected chi connectivity index (χ0v) is 29.2. The number of carbonyl (C=O) groups excluding carboxylic acids is 1. The second-order valence-corrected chi connectivity index (χ2v) is 14.8. The average Bonchev–Trinajstić information content (AvgIpc) is 3.35. The van der Waals surface area contributed by atoms with Gasteiger partial charge in [-0.1, -0.05) is 47.6 Å². The first-order valence-electron chi connectivity index (χ1n) is 16.5. The summed E-state index contributed by atoms with van der Waals surface area (Å²) in [6, 6.07) is 9.34. The van der Waals surface area contributed by atoms with E-state index in [1.807, 2.05) is 24.8 Å². The molecule has 0 bridgehead atoms. The number of nitro groups is 1. The molecule has 5 rings (SSSR count). The van der Waals surface area contributed by atoms with Crippen LogP contribution in [0.1, 0.15) is 84.9 Å². The van der Waals surface area contributed by atoms with Crippen LogP contribution >= 0.6 is 0 Å². The predicted molar refractivity (Wildman–Crippen MR) is 182 cm³/mol. The summed E-state index contributed by atoms with van der Waals surface area (Å²) in [6.45, 7) is 16.8. The van der Waals surface area contributed by atoms with Crippen LogP contribution in [0, 0.1) is 22.0 Å². The largest absolute Gasteiger partial charge is 0.495 e. The van der Waals surface area contributed by atoms with Gasteiger partial charge in [0.2, 0.25) is 11.5 Å². The molecule has 0 amide bonds. The first-order valence-corrected chi connectivity index (χ1v) is 16.5. The number of hydrogen-bond acceptors (Lipinski definition) is 5. The van der Waals surface area contributed by atoms with E-state index in [1.165, 1.54) is 19.2 Å². The molecule has 2 aromatic carbocycles. The number of nitrogens with zero attached hydrogens (tertiary/aromatic N) is 3. The lowest BCUT2D eigenvalue weighted by Gasteiger charge is -2.30. The van der Waals surface area contributed by atoms with Crippen molar-refractivity contribution in [2.45, 2.75) is 85.2 Å². The Morgan fingerprint density at radius 3 is 2.19 bits per heavy atom. The van der Waals surface area contributed by atoms with Gasteiger partial charge in [0.15, 0.2) is 5.71 Å². The summed E-state index contributed by atoms with van der Waals surface area (Å²) in [4.78, 5) is 27.7. The Bertz CT molecular complexity index is 1810. The van der Waals surface area contributed by atoms with Crippen molar-refractivity contribution in [2.75, 3.05) is 25.1 Å².